The molecule has 0 bridgehead atoms. The van der Waals surface area contributed by atoms with Crippen LogP contribution in [0.4, 0.5) is 0 Å². The Hall–Kier alpha value is -7.29. The van der Waals surface area contributed by atoms with Crippen LogP contribution in [0.1, 0.15) is 30.5 Å². The van der Waals surface area contributed by atoms with Gasteiger partial charge in [-0.15, -0.1) is 0 Å². The van der Waals surface area contributed by atoms with E-state index in [0.29, 0.717) is 28.4 Å². The van der Waals surface area contributed by atoms with Crippen LogP contribution in [0.2, 0.25) is 0 Å². The minimum absolute atomic E-state index is 0.150. The first kappa shape index (κ1) is 31.3. The van der Waals surface area contributed by atoms with Gasteiger partial charge < -0.3 is 8.98 Å². The quantitative estimate of drug-likeness (QED) is 0.183. The predicted octanol–water partition coefficient (Wildman–Crippen LogP) is 12.7. The molecule has 1 aliphatic rings. The summed E-state index contributed by atoms with van der Waals surface area (Å²) in [6, 6.07) is 56.9. The molecule has 55 heavy (non-hydrogen) atoms. The molecule has 7 aromatic carbocycles. The molecule has 0 aliphatic heterocycles. The minimum Gasteiger partial charge on any atom is -0.455 e. The maximum Gasteiger partial charge on any atom is 0.164 e. The molecule has 11 rings (SSSR count). The highest BCUT2D eigenvalue weighted by atomic mass is 16.3. The Morgan fingerprint density at radius 1 is 0.582 bits per heavy atom. The summed E-state index contributed by atoms with van der Waals surface area (Å²) in [6.07, 6.45) is 0. The van der Waals surface area contributed by atoms with Crippen LogP contribution in [0.15, 0.2) is 162 Å². The topological polar surface area (TPSA) is 67.6 Å². The molecule has 0 fully saturated rings. The van der Waals surface area contributed by atoms with Crippen molar-refractivity contribution in [2.24, 2.45) is 0 Å². The van der Waals surface area contributed by atoms with Gasteiger partial charge in [0.15, 0.2) is 5.82 Å². The number of benzene rings is 7. The lowest BCUT2D eigenvalue weighted by molar-refractivity contribution is 0.661. The third kappa shape index (κ3) is 4.40. The second kappa shape index (κ2) is 11.6. The number of rotatable bonds is 4. The first-order chi connectivity index (χ1) is 27.0. The summed E-state index contributed by atoms with van der Waals surface area (Å²) in [4.78, 5) is 10.3. The van der Waals surface area contributed by atoms with Crippen molar-refractivity contribution < 1.29 is 4.42 Å². The van der Waals surface area contributed by atoms with Gasteiger partial charge in [-0.25, -0.2) is 9.97 Å². The lowest BCUT2D eigenvalue weighted by Gasteiger charge is -2.21. The van der Waals surface area contributed by atoms with E-state index in [1.807, 2.05) is 72.8 Å². The van der Waals surface area contributed by atoms with E-state index in [9.17, 15) is 5.26 Å². The molecular formula is C50H32N4O. The number of nitrogens with zero attached hydrogens (tertiary/aromatic N) is 4. The normalized spacial score (nSPS) is 13.0. The number of para-hydroxylation sites is 2. The molecule has 3 heterocycles. The molecule has 0 spiro atoms. The van der Waals surface area contributed by atoms with Crippen molar-refractivity contribution in [1.29, 1.82) is 5.26 Å². The van der Waals surface area contributed by atoms with Crippen LogP contribution in [0.25, 0.3) is 94.5 Å². The van der Waals surface area contributed by atoms with Gasteiger partial charge in [-0.05, 0) is 41.0 Å². The van der Waals surface area contributed by atoms with Crippen LogP contribution >= 0.6 is 0 Å². The molecule has 3 aromatic heterocycles. The molecule has 258 valence electrons. The number of hydrogen-bond donors (Lipinski definition) is 0. The first-order valence-corrected chi connectivity index (χ1v) is 18.6. The second-order valence-electron chi connectivity index (χ2n) is 14.8. The summed E-state index contributed by atoms with van der Waals surface area (Å²) in [7, 11) is 0. The molecule has 0 atom stereocenters. The van der Waals surface area contributed by atoms with E-state index in [2.05, 4.69) is 109 Å². The Bertz CT molecular complexity index is 3180. The van der Waals surface area contributed by atoms with Gasteiger partial charge in [0.2, 0.25) is 0 Å². The van der Waals surface area contributed by atoms with E-state index in [1.165, 1.54) is 38.5 Å². The van der Waals surface area contributed by atoms with Crippen molar-refractivity contribution >= 4 is 43.7 Å². The van der Waals surface area contributed by atoms with Crippen LogP contribution < -0.4 is 0 Å². The third-order valence-corrected chi connectivity index (χ3v) is 11.5. The van der Waals surface area contributed by atoms with Gasteiger partial charge in [-0.2, -0.15) is 5.26 Å². The minimum atomic E-state index is -0.150. The van der Waals surface area contributed by atoms with Crippen molar-refractivity contribution in [3.63, 3.8) is 0 Å². The lowest BCUT2D eigenvalue weighted by atomic mass is 9.82. The molecule has 5 heteroatoms. The van der Waals surface area contributed by atoms with Crippen molar-refractivity contribution in [2.45, 2.75) is 19.3 Å². The number of furan rings is 1. The van der Waals surface area contributed by atoms with Crippen molar-refractivity contribution in [3.8, 4) is 56.8 Å². The second-order valence-corrected chi connectivity index (χ2v) is 14.8. The van der Waals surface area contributed by atoms with Gasteiger partial charge in [-0.1, -0.05) is 147 Å². The Morgan fingerprint density at radius 2 is 1.22 bits per heavy atom. The smallest absolute Gasteiger partial charge is 0.164 e. The number of fused-ring (bicyclic) bond motifs is 10. The maximum absolute atomic E-state index is 10.6. The zero-order valence-electron chi connectivity index (χ0n) is 30.2. The van der Waals surface area contributed by atoms with Gasteiger partial charge in [-0.3, -0.25) is 0 Å². The van der Waals surface area contributed by atoms with Crippen molar-refractivity contribution in [3.05, 3.63) is 174 Å². The van der Waals surface area contributed by atoms with Gasteiger partial charge in [0.05, 0.1) is 39.1 Å². The summed E-state index contributed by atoms with van der Waals surface area (Å²) in [6.45, 7) is 4.66. The largest absolute Gasteiger partial charge is 0.455 e. The van der Waals surface area contributed by atoms with E-state index < -0.39 is 0 Å². The molecule has 1 aliphatic carbocycles. The van der Waals surface area contributed by atoms with Gasteiger partial charge in [0.1, 0.15) is 22.8 Å². The number of nitriles is 1. The number of hydrogen-bond acceptors (Lipinski definition) is 4. The van der Waals surface area contributed by atoms with Crippen LogP contribution in [-0.4, -0.2) is 14.5 Å². The van der Waals surface area contributed by atoms with Crippen LogP contribution in [0.3, 0.4) is 0 Å². The van der Waals surface area contributed by atoms with E-state index in [-0.39, 0.29) is 5.41 Å². The summed E-state index contributed by atoms with van der Waals surface area (Å²) in [5.41, 5.74) is 13.9. The fourth-order valence-corrected chi connectivity index (χ4v) is 8.96. The SMILES string of the molecule is CC1(C)c2ccccc2-c2c1ccc1c3ccccc3n(-c3ccc(-c4nc(-c5ccccc5)c(C#N)c(-c5ccccc5)n4)c4oc5ccccc5c34)c21. The summed E-state index contributed by atoms with van der Waals surface area (Å²) >= 11 is 0. The Kier molecular flexibility index (Phi) is 6.59. The summed E-state index contributed by atoms with van der Waals surface area (Å²) in [5.74, 6) is 0.492. The van der Waals surface area contributed by atoms with Crippen LogP contribution in [0, 0.1) is 11.3 Å². The Balaban J connectivity index is 1.26. The van der Waals surface area contributed by atoms with Gasteiger partial charge >= 0.3 is 0 Å². The van der Waals surface area contributed by atoms with Gasteiger partial charge in [0.25, 0.3) is 0 Å². The molecule has 0 radical (unpaired) electrons. The summed E-state index contributed by atoms with van der Waals surface area (Å²) in [5, 5.41) is 15.0. The van der Waals surface area contributed by atoms with E-state index in [1.54, 1.807) is 0 Å². The van der Waals surface area contributed by atoms with Crippen molar-refractivity contribution in [1.82, 2.24) is 14.5 Å². The fraction of sp³-hybridized carbons (Fsp3) is 0.0600. The highest BCUT2D eigenvalue weighted by Crippen LogP contribution is 2.53. The van der Waals surface area contributed by atoms with E-state index in [4.69, 9.17) is 14.4 Å². The predicted molar refractivity (Wildman–Crippen MR) is 222 cm³/mol. The average Bonchev–Trinajstić information content (AvgIpc) is 3.87. The fourth-order valence-electron chi connectivity index (χ4n) is 8.96. The monoisotopic (exact) mass is 704 g/mol. The summed E-state index contributed by atoms with van der Waals surface area (Å²) < 4.78 is 9.32. The third-order valence-electron chi connectivity index (χ3n) is 11.5. The molecule has 10 aromatic rings. The highest BCUT2D eigenvalue weighted by molar-refractivity contribution is 6.19. The zero-order valence-corrected chi connectivity index (χ0v) is 30.2. The molecular weight excluding hydrogens is 673 g/mol. The zero-order chi connectivity index (χ0) is 36.8. The molecule has 0 saturated heterocycles. The number of aromatic nitrogens is 3. The van der Waals surface area contributed by atoms with Gasteiger partial charge in [0, 0.05) is 38.3 Å². The molecule has 5 nitrogen and oxygen atoms in total. The molecule has 0 saturated carbocycles. The Morgan fingerprint density at radius 3 is 1.95 bits per heavy atom. The maximum atomic E-state index is 10.6. The lowest BCUT2D eigenvalue weighted by Crippen LogP contribution is -2.14. The Labute approximate surface area is 317 Å². The molecule has 0 N–H and O–H groups in total. The van der Waals surface area contributed by atoms with Crippen molar-refractivity contribution in [2.75, 3.05) is 0 Å². The van der Waals surface area contributed by atoms with E-state index >= 15 is 0 Å². The van der Waals surface area contributed by atoms with Crippen LogP contribution in [-0.2, 0) is 5.41 Å². The van der Waals surface area contributed by atoms with Crippen LogP contribution in [0.5, 0.6) is 0 Å². The standard InChI is InChI=1S/C50H32N4O/c1-50(2)38-22-12-9-20-34(38)43-39(50)27-25-33-32-19-10-13-23-40(32)54(47(33)43)41-28-26-36(48-44(41)35-21-11-14-24-42(35)55-48)49-52-45(30-15-5-3-6-16-30)37(29-51)46(53-49)31-17-7-4-8-18-31/h3-28H,1-2H3. The average molecular weight is 705 g/mol. The highest BCUT2D eigenvalue weighted by Gasteiger charge is 2.38. The molecule has 0 unspecified atom stereocenters. The molecule has 0 amide bonds. The first-order valence-electron chi connectivity index (χ1n) is 18.6. The van der Waals surface area contributed by atoms with E-state index in [0.717, 1.165) is 44.2 Å².